The molecule has 0 amide bonds. The monoisotopic (exact) mass is 656 g/mol. The maximum Gasteiger partial charge on any atom is 0.160 e. The molecule has 0 radical (unpaired) electrons. The lowest BCUT2D eigenvalue weighted by molar-refractivity contribution is 0.351. The summed E-state index contributed by atoms with van der Waals surface area (Å²) in [5.41, 5.74) is 10.9. The lowest BCUT2D eigenvalue weighted by Gasteiger charge is -2.34. The maximum absolute atomic E-state index is 6.74. The first-order valence-electron chi connectivity index (χ1n) is 17.5. The van der Waals surface area contributed by atoms with Crippen LogP contribution in [0.15, 0.2) is 174 Å². The van der Waals surface area contributed by atoms with Crippen LogP contribution in [-0.4, -0.2) is 9.13 Å². The van der Waals surface area contributed by atoms with E-state index in [2.05, 4.69) is 184 Å². The summed E-state index contributed by atoms with van der Waals surface area (Å²) in [6.07, 6.45) is 2.05. The second kappa shape index (κ2) is 11.0. The largest absolute Gasteiger partial charge is 0.454 e. The fourth-order valence-electron chi connectivity index (χ4n) is 8.38. The molecule has 1 aliphatic rings. The number of hydrogen-bond donors (Lipinski definition) is 2. The first-order chi connectivity index (χ1) is 25.3. The van der Waals surface area contributed by atoms with E-state index >= 15 is 0 Å². The second-order valence-electron chi connectivity index (χ2n) is 13.4. The van der Waals surface area contributed by atoms with Crippen LogP contribution < -0.4 is 10.6 Å². The summed E-state index contributed by atoms with van der Waals surface area (Å²) in [6.45, 7) is 0. The second-order valence-corrected chi connectivity index (χ2v) is 13.4. The Morgan fingerprint density at radius 2 is 1.18 bits per heavy atom. The van der Waals surface area contributed by atoms with Gasteiger partial charge in [-0.05, 0) is 53.6 Å². The number of rotatable bonds is 4. The first kappa shape index (κ1) is 28.3. The van der Waals surface area contributed by atoms with Gasteiger partial charge in [-0.2, -0.15) is 0 Å². The number of furan rings is 1. The molecule has 5 nitrogen and oxygen atoms in total. The third-order valence-electron chi connectivity index (χ3n) is 10.6. The van der Waals surface area contributed by atoms with Crippen LogP contribution in [0.1, 0.15) is 23.5 Å². The van der Waals surface area contributed by atoms with Gasteiger partial charge in [0.1, 0.15) is 5.58 Å². The number of nitrogens with one attached hydrogen (secondary N) is 2. The van der Waals surface area contributed by atoms with Crippen molar-refractivity contribution in [3.05, 3.63) is 181 Å². The molecule has 0 aliphatic carbocycles. The molecule has 2 unspecified atom stereocenters. The minimum Gasteiger partial charge on any atom is -0.454 e. The predicted molar refractivity (Wildman–Crippen MR) is 210 cm³/mol. The Hall–Kier alpha value is -6.56. The van der Waals surface area contributed by atoms with Crippen molar-refractivity contribution >= 4 is 71.2 Å². The number of hydrogen-bond acceptors (Lipinski definition) is 3. The molecule has 0 spiro atoms. The van der Waals surface area contributed by atoms with Gasteiger partial charge in [0.15, 0.2) is 11.9 Å². The molecule has 51 heavy (non-hydrogen) atoms. The zero-order valence-corrected chi connectivity index (χ0v) is 27.6. The molecule has 1 aliphatic heterocycles. The Labute approximate surface area is 293 Å². The highest BCUT2D eigenvalue weighted by atomic mass is 16.3. The minimum absolute atomic E-state index is 0.0103. The smallest absolute Gasteiger partial charge is 0.160 e. The van der Waals surface area contributed by atoms with Crippen LogP contribution in [0.25, 0.3) is 76.9 Å². The highest BCUT2D eigenvalue weighted by Gasteiger charge is 2.29. The number of para-hydroxylation sites is 3. The molecular formula is C46H32N4O. The Balaban J connectivity index is 1.26. The average Bonchev–Trinajstić information content (AvgIpc) is 3.86. The zero-order valence-electron chi connectivity index (χ0n) is 27.6. The van der Waals surface area contributed by atoms with Gasteiger partial charge in [-0.3, -0.25) is 5.32 Å². The van der Waals surface area contributed by atoms with Gasteiger partial charge in [-0.1, -0.05) is 127 Å². The Morgan fingerprint density at radius 1 is 0.510 bits per heavy atom. The summed E-state index contributed by atoms with van der Waals surface area (Å²) in [7, 11) is 0. The summed E-state index contributed by atoms with van der Waals surface area (Å²) in [5, 5.41) is 15.0. The van der Waals surface area contributed by atoms with E-state index in [4.69, 9.17) is 4.42 Å². The van der Waals surface area contributed by atoms with E-state index < -0.39 is 0 Å². The third kappa shape index (κ3) is 4.19. The maximum atomic E-state index is 6.74. The van der Waals surface area contributed by atoms with Gasteiger partial charge in [0.25, 0.3) is 0 Å². The van der Waals surface area contributed by atoms with Crippen molar-refractivity contribution in [1.29, 1.82) is 0 Å². The minimum atomic E-state index is -0.256. The number of benzene rings is 7. The van der Waals surface area contributed by atoms with Gasteiger partial charge in [0, 0.05) is 43.7 Å². The van der Waals surface area contributed by atoms with Crippen LogP contribution in [0.4, 0.5) is 0 Å². The van der Waals surface area contributed by atoms with Crippen LogP contribution in [0.5, 0.6) is 0 Å². The number of nitrogens with zero attached hydrogens (tertiary/aromatic N) is 2. The molecule has 5 heteroatoms. The molecule has 242 valence electrons. The van der Waals surface area contributed by atoms with E-state index in [0.29, 0.717) is 0 Å². The topological polar surface area (TPSA) is 47.1 Å². The molecule has 11 rings (SSSR count). The van der Waals surface area contributed by atoms with E-state index in [-0.39, 0.29) is 12.3 Å². The Morgan fingerprint density at radius 3 is 2.00 bits per heavy atom. The van der Waals surface area contributed by atoms with Gasteiger partial charge >= 0.3 is 0 Å². The molecule has 0 saturated heterocycles. The first-order valence-corrected chi connectivity index (χ1v) is 17.5. The van der Waals surface area contributed by atoms with Crippen LogP contribution in [0, 0.1) is 0 Å². The van der Waals surface area contributed by atoms with E-state index in [1.807, 2.05) is 6.07 Å². The van der Waals surface area contributed by atoms with Crippen molar-refractivity contribution < 1.29 is 4.42 Å². The van der Waals surface area contributed by atoms with Crippen molar-refractivity contribution in [3.63, 3.8) is 0 Å². The Bertz CT molecular complexity index is 2970. The summed E-state index contributed by atoms with van der Waals surface area (Å²) < 4.78 is 11.6. The van der Waals surface area contributed by atoms with Crippen LogP contribution >= 0.6 is 0 Å². The molecule has 2 atom stereocenters. The quantitative estimate of drug-likeness (QED) is 0.198. The molecule has 0 saturated carbocycles. The third-order valence-corrected chi connectivity index (χ3v) is 10.6. The highest BCUT2D eigenvalue weighted by molar-refractivity contribution is 6.29. The predicted octanol–water partition coefficient (Wildman–Crippen LogP) is 11.2. The molecule has 2 N–H and O–H groups in total. The fourth-order valence-corrected chi connectivity index (χ4v) is 8.38. The molecule has 7 aromatic carbocycles. The van der Waals surface area contributed by atoms with E-state index in [1.165, 1.54) is 27.2 Å². The number of fused-ring (bicyclic) bond motifs is 11. The average molecular weight is 657 g/mol. The van der Waals surface area contributed by atoms with Crippen molar-refractivity contribution in [2.24, 2.45) is 0 Å². The van der Waals surface area contributed by atoms with E-state index in [1.54, 1.807) is 0 Å². The van der Waals surface area contributed by atoms with Gasteiger partial charge in [0.05, 0.1) is 28.1 Å². The molecule has 0 fully saturated rings. The SMILES string of the molecule is C1=C(c2ccccc2)NC(n2c3ccccc3c3ccc4c(c5ccc6c7ccccc7oc6c5n4-c4ccccc4)c32)NC1c1ccccc1. The molecule has 3 aromatic heterocycles. The lowest BCUT2D eigenvalue weighted by atomic mass is 10.0. The van der Waals surface area contributed by atoms with Crippen LogP contribution in [0.3, 0.4) is 0 Å². The van der Waals surface area contributed by atoms with Gasteiger partial charge < -0.3 is 18.9 Å². The van der Waals surface area contributed by atoms with E-state index in [9.17, 15) is 0 Å². The number of aromatic nitrogens is 2. The van der Waals surface area contributed by atoms with Crippen molar-refractivity contribution in [3.8, 4) is 5.69 Å². The normalized spacial score (nSPS) is 16.4. The fraction of sp³-hybridized carbons (Fsp3) is 0.0435. The van der Waals surface area contributed by atoms with E-state index in [0.717, 1.165) is 60.8 Å². The molecule has 10 aromatic rings. The van der Waals surface area contributed by atoms with Crippen molar-refractivity contribution in [2.75, 3.05) is 0 Å². The van der Waals surface area contributed by atoms with Gasteiger partial charge in [-0.15, -0.1) is 0 Å². The molecule has 4 heterocycles. The van der Waals surface area contributed by atoms with Gasteiger partial charge in [-0.25, -0.2) is 0 Å². The highest BCUT2D eigenvalue weighted by Crippen LogP contribution is 2.45. The Kier molecular flexibility index (Phi) is 6.09. The lowest BCUT2D eigenvalue weighted by Crippen LogP contribution is -2.43. The van der Waals surface area contributed by atoms with Gasteiger partial charge in [0.2, 0.25) is 0 Å². The summed E-state index contributed by atoms with van der Waals surface area (Å²) >= 11 is 0. The molecular weight excluding hydrogens is 625 g/mol. The van der Waals surface area contributed by atoms with Crippen LogP contribution in [0.2, 0.25) is 0 Å². The summed E-state index contributed by atoms with van der Waals surface area (Å²) in [4.78, 5) is 0. The zero-order chi connectivity index (χ0) is 33.5. The standard InChI is InChI=1S/C46H32N4O/c1-4-14-29(15-5-1)37-28-38(30-16-6-2-7-17-30)48-46(47-37)50-39-22-12-10-20-32(39)34-26-27-40-42(43(34)50)36-25-24-35-33-21-11-13-23-41(33)51-45(35)44(36)49(40)31-18-8-3-9-19-31/h1-28,37,46-48H. The van der Waals surface area contributed by atoms with Crippen molar-refractivity contribution in [1.82, 2.24) is 19.8 Å². The summed E-state index contributed by atoms with van der Waals surface area (Å²) in [5.74, 6) is 0. The van der Waals surface area contributed by atoms with Crippen LogP contribution in [-0.2, 0) is 0 Å². The molecule has 0 bridgehead atoms. The van der Waals surface area contributed by atoms with Crippen molar-refractivity contribution in [2.45, 2.75) is 12.3 Å². The summed E-state index contributed by atoms with van der Waals surface area (Å²) in [6, 6.07) is 58.3.